The van der Waals surface area contributed by atoms with Crippen molar-refractivity contribution in [2.24, 2.45) is 0 Å². The quantitative estimate of drug-likeness (QED) is 0.603. The van der Waals surface area contributed by atoms with Crippen molar-refractivity contribution in [3.8, 4) is 0 Å². The van der Waals surface area contributed by atoms with E-state index in [0.717, 1.165) is 30.2 Å². The minimum Gasteiger partial charge on any atom is -0.394 e. The number of halogens is 2. The maximum atomic E-state index is 13.7. The Hall–Kier alpha value is -3.30. The highest BCUT2D eigenvalue weighted by Crippen LogP contribution is 2.22. The summed E-state index contributed by atoms with van der Waals surface area (Å²) in [7, 11) is 0. The number of urea groups is 1. The summed E-state index contributed by atoms with van der Waals surface area (Å²) in [5, 5.41) is 14.5. The van der Waals surface area contributed by atoms with Crippen LogP contribution < -0.4 is 10.6 Å². The molecular formula is C24H25F2N3O4. The van der Waals surface area contributed by atoms with E-state index < -0.39 is 42.5 Å². The van der Waals surface area contributed by atoms with Crippen LogP contribution >= 0.6 is 0 Å². The second-order valence-electron chi connectivity index (χ2n) is 8.07. The number of hydrogen-bond acceptors (Lipinski definition) is 4. The predicted molar refractivity (Wildman–Crippen MR) is 117 cm³/mol. The van der Waals surface area contributed by atoms with Gasteiger partial charge in [0.05, 0.1) is 30.9 Å². The SMILES string of the molecule is O=C(Nc1cc(F)ccc1F)N[C@@H]1C=C[C@H](CC(=O)N2CCc3ccccc3C2)O[C@@H]1CO. The van der Waals surface area contributed by atoms with Gasteiger partial charge in [-0.25, -0.2) is 13.6 Å². The molecular weight excluding hydrogens is 432 g/mol. The maximum absolute atomic E-state index is 13.7. The summed E-state index contributed by atoms with van der Waals surface area (Å²) in [6, 6.07) is 9.27. The van der Waals surface area contributed by atoms with Gasteiger partial charge in [-0.15, -0.1) is 0 Å². The Balaban J connectivity index is 1.33. The third-order valence-electron chi connectivity index (χ3n) is 5.80. The topological polar surface area (TPSA) is 90.9 Å². The van der Waals surface area contributed by atoms with E-state index in [1.807, 2.05) is 18.2 Å². The highest BCUT2D eigenvalue weighted by molar-refractivity contribution is 5.89. The standard InChI is InChI=1S/C24H25F2N3O4/c25-17-5-7-19(26)21(11-17)28-24(32)27-20-8-6-18(33-22(20)14-30)12-23(31)29-10-9-15-3-1-2-4-16(15)13-29/h1-8,11,18,20,22,30H,9-10,12-14H2,(H2,27,28,32)/t18-,20-,22-/m1/s1. The summed E-state index contributed by atoms with van der Waals surface area (Å²) < 4.78 is 32.8. The van der Waals surface area contributed by atoms with Crippen molar-refractivity contribution in [3.05, 3.63) is 77.4 Å². The molecule has 0 radical (unpaired) electrons. The van der Waals surface area contributed by atoms with Crippen molar-refractivity contribution in [2.75, 3.05) is 18.5 Å². The van der Waals surface area contributed by atoms with Gasteiger partial charge in [0.1, 0.15) is 17.7 Å². The zero-order valence-corrected chi connectivity index (χ0v) is 17.8. The molecule has 2 aliphatic heterocycles. The fraction of sp³-hybridized carbons (Fsp3) is 0.333. The van der Waals surface area contributed by atoms with E-state index in [4.69, 9.17) is 4.74 Å². The van der Waals surface area contributed by atoms with E-state index in [-0.39, 0.29) is 18.0 Å². The average molecular weight is 457 g/mol. The highest BCUT2D eigenvalue weighted by Gasteiger charge is 2.31. The first kappa shape index (κ1) is 22.9. The largest absolute Gasteiger partial charge is 0.394 e. The van der Waals surface area contributed by atoms with Gasteiger partial charge in [0, 0.05) is 19.2 Å². The van der Waals surface area contributed by atoms with Gasteiger partial charge < -0.3 is 25.4 Å². The number of nitrogens with zero attached hydrogens (tertiary/aromatic N) is 1. The van der Waals surface area contributed by atoms with Crippen molar-refractivity contribution < 1.29 is 28.2 Å². The van der Waals surface area contributed by atoms with E-state index in [1.165, 1.54) is 5.56 Å². The molecule has 0 fully saturated rings. The molecule has 3 amide bonds. The van der Waals surface area contributed by atoms with Crippen LogP contribution in [0.1, 0.15) is 17.5 Å². The van der Waals surface area contributed by atoms with Crippen molar-refractivity contribution in [2.45, 2.75) is 37.6 Å². The number of hydrogen-bond donors (Lipinski definition) is 3. The fourth-order valence-corrected chi connectivity index (χ4v) is 4.05. The maximum Gasteiger partial charge on any atom is 0.319 e. The molecule has 0 bridgehead atoms. The lowest BCUT2D eigenvalue weighted by molar-refractivity contribution is -0.136. The Morgan fingerprint density at radius 2 is 1.91 bits per heavy atom. The number of fused-ring (bicyclic) bond motifs is 1. The van der Waals surface area contributed by atoms with E-state index in [2.05, 4.69) is 16.7 Å². The number of aliphatic hydroxyl groups is 1. The van der Waals surface area contributed by atoms with Crippen LogP contribution in [0.15, 0.2) is 54.6 Å². The predicted octanol–water partition coefficient (Wildman–Crippen LogP) is 2.75. The molecule has 174 valence electrons. The lowest BCUT2D eigenvalue weighted by atomic mass is 9.99. The Labute approximate surface area is 190 Å². The average Bonchev–Trinajstić information content (AvgIpc) is 2.82. The first-order chi connectivity index (χ1) is 15.9. The molecule has 0 aliphatic carbocycles. The van der Waals surface area contributed by atoms with Crippen LogP contribution in [-0.4, -0.2) is 53.3 Å². The highest BCUT2D eigenvalue weighted by atomic mass is 19.1. The lowest BCUT2D eigenvalue weighted by Gasteiger charge is -2.34. The number of aliphatic hydroxyl groups excluding tert-OH is 1. The minimum atomic E-state index is -0.794. The molecule has 2 aromatic rings. The van der Waals surface area contributed by atoms with Gasteiger partial charge in [0.2, 0.25) is 5.91 Å². The molecule has 0 spiro atoms. The second kappa shape index (κ2) is 10.1. The van der Waals surface area contributed by atoms with Crippen molar-refractivity contribution in [1.29, 1.82) is 0 Å². The van der Waals surface area contributed by atoms with Crippen LogP contribution in [0.2, 0.25) is 0 Å². The summed E-state index contributed by atoms with van der Waals surface area (Å²) in [5.74, 6) is -1.52. The number of carbonyl (C=O) groups is 2. The van der Waals surface area contributed by atoms with Gasteiger partial charge in [0.15, 0.2) is 0 Å². The van der Waals surface area contributed by atoms with Crippen LogP contribution in [0, 0.1) is 11.6 Å². The summed E-state index contributed by atoms with van der Waals surface area (Å²) >= 11 is 0. The minimum absolute atomic E-state index is 0.0541. The van der Waals surface area contributed by atoms with Gasteiger partial charge in [-0.05, 0) is 29.7 Å². The monoisotopic (exact) mass is 457 g/mol. The molecule has 0 saturated carbocycles. The van der Waals surface area contributed by atoms with Gasteiger partial charge in [-0.1, -0.05) is 36.4 Å². The molecule has 0 saturated heterocycles. The van der Waals surface area contributed by atoms with E-state index in [9.17, 15) is 23.5 Å². The summed E-state index contributed by atoms with van der Waals surface area (Å²) in [4.78, 5) is 26.8. The second-order valence-corrected chi connectivity index (χ2v) is 8.07. The van der Waals surface area contributed by atoms with Crippen molar-refractivity contribution in [1.82, 2.24) is 10.2 Å². The number of carbonyl (C=O) groups excluding carboxylic acids is 2. The lowest BCUT2D eigenvalue weighted by Crippen LogP contribution is -2.50. The molecule has 4 rings (SSSR count). The normalized spacial score (nSPS) is 21.9. The molecule has 0 unspecified atom stereocenters. The van der Waals surface area contributed by atoms with Crippen LogP contribution in [-0.2, 0) is 22.5 Å². The van der Waals surface area contributed by atoms with Gasteiger partial charge in [-0.2, -0.15) is 0 Å². The van der Waals surface area contributed by atoms with Crippen LogP contribution in [0.4, 0.5) is 19.3 Å². The van der Waals surface area contributed by atoms with E-state index in [0.29, 0.717) is 13.1 Å². The summed E-state index contributed by atoms with van der Waals surface area (Å²) in [6.45, 7) is 0.790. The molecule has 33 heavy (non-hydrogen) atoms. The molecule has 2 aliphatic rings. The van der Waals surface area contributed by atoms with E-state index >= 15 is 0 Å². The Kier molecular flexibility index (Phi) is 7.00. The van der Waals surface area contributed by atoms with Crippen LogP contribution in [0.3, 0.4) is 0 Å². The number of ether oxygens (including phenoxy) is 1. The molecule has 3 N–H and O–H groups in total. The zero-order valence-electron chi connectivity index (χ0n) is 17.8. The molecule has 2 aromatic carbocycles. The van der Waals surface area contributed by atoms with Crippen molar-refractivity contribution in [3.63, 3.8) is 0 Å². The van der Waals surface area contributed by atoms with Gasteiger partial charge in [-0.3, -0.25) is 4.79 Å². The molecule has 3 atom stereocenters. The number of rotatable bonds is 5. The van der Waals surface area contributed by atoms with E-state index in [1.54, 1.807) is 17.1 Å². The smallest absolute Gasteiger partial charge is 0.319 e. The third-order valence-corrected chi connectivity index (χ3v) is 5.80. The number of nitrogens with one attached hydrogen (secondary N) is 2. The molecule has 7 nitrogen and oxygen atoms in total. The number of benzene rings is 2. The van der Waals surface area contributed by atoms with Crippen LogP contribution in [0.5, 0.6) is 0 Å². The summed E-state index contributed by atoms with van der Waals surface area (Å²) in [6.07, 6.45) is 2.87. The molecule has 9 heteroatoms. The Morgan fingerprint density at radius 1 is 1.12 bits per heavy atom. The third kappa shape index (κ3) is 5.55. The first-order valence-corrected chi connectivity index (χ1v) is 10.7. The zero-order chi connectivity index (χ0) is 23.4. The van der Waals surface area contributed by atoms with Gasteiger partial charge in [0.25, 0.3) is 0 Å². The van der Waals surface area contributed by atoms with Gasteiger partial charge >= 0.3 is 6.03 Å². The molecule has 0 aromatic heterocycles. The number of amides is 3. The molecule has 2 heterocycles. The Bertz CT molecular complexity index is 1060. The van der Waals surface area contributed by atoms with Crippen molar-refractivity contribution >= 4 is 17.6 Å². The number of anilines is 1. The van der Waals surface area contributed by atoms with Crippen LogP contribution in [0.25, 0.3) is 0 Å². The first-order valence-electron chi connectivity index (χ1n) is 10.7. The fourth-order valence-electron chi connectivity index (χ4n) is 4.05. The Morgan fingerprint density at radius 3 is 2.70 bits per heavy atom. The summed E-state index contributed by atoms with van der Waals surface area (Å²) in [5.41, 5.74) is 2.08.